The van der Waals surface area contributed by atoms with Crippen LogP contribution in [0.2, 0.25) is 0 Å². The fraction of sp³-hybridized carbons (Fsp3) is 0.318. The Morgan fingerprint density at radius 1 is 0.920 bits per heavy atom. The van der Waals surface area contributed by atoms with Crippen molar-refractivity contribution in [1.82, 2.24) is 4.90 Å². The predicted molar refractivity (Wildman–Crippen MR) is 103 cm³/mol. The standard InChI is InChI=1S/C22H25NO2/c1-5-17-6-8-18(9-7-17)13-23(4)14-19-12-22(24)25-21-11-16(3)15(2)10-20(19)21/h6-12H,5,13-14H2,1-4H3. The first kappa shape index (κ1) is 17.4. The summed E-state index contributed by atoms with van der Waals surface area (Å²) in [4.78, 5) is 14.2. The Labute approximate surface area is 148 Å². The van der Waals surface area contributed by atoms with E-state index in [2.05, 4.69) is 56.1 Å². The largest absolute Gasteiger partial charge is 0.423 e. The van der Waals surface area contributed by atoms with E-state index in [0.29, 0.717) is 12.1 Å². The highest BCUT2D eigenvalue weighted by Gasteiger charge is 2.10. The van der Waals surface area contributed by atoms with Crippen molar-refractivity contribution in [2.45, 2.75) is 40.3 Å². The molecule has 3 heteroatoms. The molecule has 0 aliphatic rings. The molecule has 1 aromatic heterocycles. The lowest BCUT2D eigenvalue weighted by molar-refractivity contribution is 0.319. The summed E-state index contributed by atoms with van der Waals surface area (Å²) in [6, 6.07) is 14.4. The number of hydrogen-bond acceptors (Lipinski definition) is 3. The van der Waals surface area contributed by atoms with Crippen molar-refractivity contribution in [3.8, 4) is 0 Å². The Kier molecular flexibility index (Phi) is 5.05. The minimum absolute atomic E-state index is 0.286. The van der Waals surface area contributed by atoms with Crippen LogP contribution in [0.4, 0.5) is 0 Å². The molecule has 3 aromatic rings. The lowest BCUT2D eigenvalue weighted by Crippen LogP contribution is -2.18. The van der Waals surface area contributed by atoms with Crippen molar-refractivity contribution >= 4 is 11.0 Å². The summed E-state index contributed by atoms with van der Waals surface area (Å²) in [6.45, 7) is 7.84. The van der Waals surface area contributed by atoms with Crippen LogP contribution in [0.25, 0.3) is 11.0 Å². The first-order valence-electron chi connectivity index (χ1n) is 8.76. The molecule has 0 bridgehead atoms. The SMILES string of the molecule is CCc1ccc(CN(C)Cc2cc(=O)oc3cc(C)c(C)cc23)cc1. The molecule has 0 fully saturated rings. The second-order valence-corrected chi connectivity index (χ2v) is 6.87. The Balaban J connectivity index is 1.86. The van der Waals surface area contributed by atoms with Crippen molar-refractivity contribution in [2.24, 2.45) is 0 Å². The molecule has 3 rings (SSSR count). The average Bonchev–Trinajstić information content (AvgIpc) is 2.57. The van der Waals surface area contributed by atoms with Crippen LogP contribution in [0.3, 0.4) is 0 Å². The summed E-state index contributed by atoms with van der Waals surface area (Å²) in [7, 11) is 2.08. The Morgan fingerprint density at radius 3 is 2.24 bits per heavy atom. The number of rotatable bonds is 5. The minimum atomic E-state index is -0.286. The summed E-state index contributed by atoms with van der Waals surface area (Å²) in [5.74, 6) is 0. The maximum atomic E-state index is 11.9. The van der Waals surface area contributed by atoms with Crippen molar-refractivity contribution in [3.63, 3.8) is 0 Å². The Morgan fingerprint density at radius 2 is 1.56 bits per heavy atom. The van der Waals surface area contributed by atoms with Crippen LogP contribution in [0, 0.1) is 13.8 Å². The summed E-state index contributed by atoms with van der Waals surface area (Å²) in [6.07, 6.45) is 1.06. The van der Waals surface area contributed by atoms with Crippen LogP contribution in [-0.2, 0) is 19.5 Å². The van der Waals surface area contributed by atoms with Crippen LogP contribution in [0.1, 0.15) is 34.7 Å². The molecule has 0 aliphatic heterocycles. The summed E-state index contributed by atoms with van der Waals surface area (Å²) < 4.78 is 5.39. The van der Waals surface area contributed by atoms with Gasteiger partial charge in [-0.2, -0.15) is 0 Å². The molecule has 130 valence electrons. The van der Waals surface area contributed by atoms with Crippen LogP contribution >= 0.6 is 0 Å². The molecule has 2 aromatic carbocycles. The van der Waals surface area contributed by atoms with Crippen LogP contribution < -0.4 is 5.63 Å². The summed E-state index contributed by atoms with van der Waals surface area (Å²) in [5, 5.41) is 1.02. The first-order valence-corrected chi connectivity index (χ1v) is 8.76. The number of hydrogen-bond donors (Lipinski definition) is 0. The second kappa shape index (κ2) is 7.24. The van der Waals surface area contributed by atoms with E-state index in [0.717, 1.165) is 29.5 Å². The van der Waals surface area contributed by atoms with Gasteiger partial charge in [0.1, 0.15) is 5.58 Å². The third-order valence-electron chi connectivity index (χ3n) is 4.77. The highest BCUT2D eigenvalue weighted by molar-refractivity contribution is 5.81. The lowest BCUT2D eigenvalue weighted by atomic mass is 10.0. The molecular formula is C22H25NO2. The van der Waals surface area contributed by atoms with E-state index < -0.39 is 0 Å². The quantitative estimate of drug-likeness (QED) is 0.639. The van der Waals surface area contributed by atoms with Crippen molar-refractivity contribution in [2.75, 3.05) is 7.05 Å². The molecule has 0 amide bonds. The monoisotopic (exact) mass is 335 g/mol. The van der Waals surface area contributed by atoms with E-state index in [9.17, 15) is 4.79 Å². The van der Waals surface area contributed by atoms with E-state index in [1.165, 1.54) is 16.7 Å². The van der Waals surface area contributed by atoms with Crippen molar-refractivity contribution in [1.29, 1.82) is 0 Å². The van der Waals surface area contributed by atoms with Gasteiger partial charge in [0.05, 0.1) is 0 Å². The molecule has 1 heterocycles. The molecule has 0 atom stereocenters. The van der Waals surface area contributed by atoms with Crippen LogP contribution in [0.15, 0.2) is 51.7 Å². The van der Waals surface area contributed by atoms with E-state index in [4.69, 9.17) is 4.42 Å². The third-order valence-corrected chi connectivity index (χ3v) is 4.77. The van der Waals surface area contributed by atoms with Gasteiger partial charge >= 0.3 is 5.63 Å². The maximum absolute atomic E-state index is 11.9. The summed E-state index contributed by atoms with van der Waals surface area (Å²) in [5.41, 5.74) is 6.38. The molecule has 0 N–H and O–H groups in total. The van der Waals surface area contributed by atoms with Gasteiger partial charge in [-0.25, -0.2) is 4.79 Å². The molecular weight excluding hydrogens is 310 g/mol. The van der Waals surface area contributed by atoms with Gasteiger partial charge in [-0.3, -0.25) is 4.90 Å². The van der Waals surface area contributed by atoms with Gasteiger partial charge < -0.3 is 4.42 Å². The van der Waals surface area contributed by atoms with Crippen LogP contribution in [-0.4, -0.2) is 11.9 Å². The fourth-order valence-electron chi connectivity index (χ4n) is 3.15. The minimum Gasteiger partial charge on any atom is -0.423 e. The maximum Gasteiger partial charge on any atom is 0.336 e. The predicted octanol–water partition coefficient (Wildman–Crippen LogP) is 4.60. The number of aryl methyl sites for hydroxylation is 3. The molecule has 25 heavy (non-hydrogen) atoms. The van der Waals surface area contributed by atoms with Crippen molar-refractivity contribution < 1.29 is 4.42 Å². The third kappa shape index (κ3) is 3.99. The van der Waals surface area contributed by atoms with Gasteiger partial charge in [-0.05, 0) is 67.3 Å². The fourth-order valence-corrected chi connectivity index (χ4v) is 3.15. The molecule has 0 saturated heterocycles. The zero-order chi connectivity index (χ0) is 18.0. The highest BCUT2D eigenvalue weighted by Crippen LogP contribution is 2.23. The first-order chi connectivity index (χ1) is 12.0. The van der Waals surface area contributed by atoms with Gasteiger partial charge in [0.15, 0.2) is 0 Å². The van der Waals surface area contributed by atoms with Gasteiger partial charge in [-0.1, -0.05) is 31.2 Å². The van der Waals surface area contributed by atoms with Crippen LogP contribution in [0.5, 0.6) is 0 Å². The number of benzene rings is 2. The Hall–Kier alpha value is -2.39. The Bertz CT molecular complexity index is 939. The molecule has 0 saturated carbocycles. The smallest absolute Gasteiger partial charge is 0.336 e. The zero-order valence-corrected chi connectivity index (χ0v) is 15.4. The van der Waals surface area contributed by atoms with Gasteiger partial charge in [0.25, 0.3) is 0 Å². The topological polar surface area (TPSA) is 33.5 Å². The molecule has 0 unspecified atom stereocenters. The van der Waals surface area contributed by atoms with E-state index in [1.54, 1.807) is 6.07 Å². The van der Waals surface area contributed by atoms with Gasteiger partial charge in [0.2, 0.25) is 0 Å². The van der Waals surface area contributed by atoms with Gasteiger partial charge in [0, 0.05) is 24.5 Å². The molecule has 0 aliphatic carbocycles. The molecule has 0 radical (unpaired) electrons. The van der Waals surface area contributed by atoms with Crippen molar-refractivity contribution in [3.05, 3.63) is 80.7 Å². The number of nitrogens with zero attached hydrogens (tertiary/aromatic N) is 1. The van der Waals surface area contributed by atoms with Gasteiger partial charge in [-0.15, -0.1) is 0 Å². The zero-order valence-electron chi connectivity index (χ0n) is 15.4. The highest BCUT2D eigenvalue weighted by atomic mass is 16.4. The molecule has 0 spiro atoms. The normalized spacial score (nSPS) is 11.4. The average molecular weight is 335 g/mol. The lowest BCUT2D eigenvalue weighted by Gasteiger charge is -2.18. The van der Waals surface area contributed by atoms with E-state index in [1.807, 2.05) is 13.0 Å². The number of fused-ring (bicyclic) bond motifs is 1. The van der Waals surface area contributed by atoms with E-state index >= 15 is 0 Å². The molecule has 3 nitrogen and oxygen atoms in total. The summed E-state index contributed by atoms with van der Waals surface area (Å²) >= 11 is 0. The van der Waals surface area contributed by atoms with E-state index in [-0.39, 0.29) is 5.63 Å². The second-order valence-electron chi connectivity index (χ2n) is 6.87.